The van der Waals surface area contributed by atoms with Gasteiger partial charge in [-0.15, -0.1) is 5.10 Å². The van der Waals surface area contributed by atoms with Crippen molar-refractivity contribution < 1.29 is 14.2 Å². The molecule has 1 aliphatic heterocycles. The summed E-state index contributed by atoms with van der Waals surface area (Å²) in [6, 6.07) is 5.58. The fourth-order valence-corrected chi connectivity index (χ4v) is 3.04. The Labute approximate surface area is 155 Å². The molecule has 142 valence electrons. The number of benzene rings is 1. The molecule has 0 unspecified atom stereocenters. The molecule has 0 saturated carbocycles. The monoisotopic (exact) mass is 371 g/mol. The first kappa shape index (κ1) is 17.6. The van der Waals surface area contributed by atoms with Crippen LogP contribution in [-0.4, -0.2) is 80.9 Å². The van der Waals surface area contributed by atoms with Crippen LogP contribution in [0.5, 0.6) is 0 Å². The number of carbonyl (C=O) groups excluding carboxylic acids is 1. The minimum absolute atomic E-state index is 0.175. The Kier molecular flexibility index (Phi) is 5.07. The van der Waals surface area contributed by atoms with Crippen LogP contribution in [0.15, 0.2) is 29.0 Å². The zero-order chi connectivity index (χ0) is 18.6. The fourth-order valence-electron chi connectivity index (χ4n) is 3.04. The maximum absolute atomic E-state index is 12.6. The minimum atomic E-state index is -0.175. The number of rotatable bonds is 6. The number of ether oxygens (including phenoxy) is 1. The van der Waals surface area contributed by atoms with Gasteiger partial charge in [0.05, 0.1) is 26.0 Å². The van der Waals surface area contributed by atoms with Crippen molar-refractivity contribution in [2.24, 2.45) is 0 Å². The first-order valence-corrected chi connectivity index (χ1v) is 8.86. The lowest BCUT2D eigenvalue weighted by Crippen LogP contribution is -2.38. The van der Waals surface area contributed by atoms with Gasteiger partial charge in [-0.25, -0.2) is 4.63 Å². The van der Waals surface area contributed by atoms with Gasteiger partial charge in [0, 0.05) is 33.2 Å². The Morgan fingerprint density at radius 1 is 1.19 bits per heavy atom. The molecular weight excluding hydrogens is 350 g/mol. The van der Waals surface area contributed by atoms with E-state index < -0.39 is 0 Å². The summed E-state index contributed by atoms with van der Waals surface area (Å²) in [6.07, 6.45) is 1.70. The highest BCUT2D eigenvalue weighted by molar-refractivity contribution is 5.91. The number of hydrogen-bond donors (Lipinski definition) is 0. The summed E-state index contributed by atoms with van der Waals surface area (Å²) in [6.45, 7) is 5.37. The van der Waals surface area contributed by atoms with E-state index in [-0.39, 0.29) is 5.91 Å². The molecule has 0 bridgehead atoms. The molecule has 1 fully saturated rings. The second-order valence-electron chi connectivity index (χ2n) is 6.57. The van der Waals surface area contributed by atoms with Gasteiger partial charge in [0.2, 0.25) is 0 Å². The van der Waals surface area contributed by atoms with E-state index in [1.165, 1.54) is 0 Å². The topological polar surface area (TPSA) is 102 Å². The second kappa shape index (κ2) is 7.80. The Hall–Kier alpha value is -2.85. The number of fused-ring (bicyclic) bond motifs is 1. The average Bonchev–Trinajstić information content (AvgIpc) is 3.35. The van der Waals surface area contributed by atoms with Crippen LogP contribution in [0.4, 0.5) is 0 Å². The highest BCUT2D eigenvalue weighted by Gasteiger charge is 2.17. The van der Waals surface area contributed by atoms with E-state index in [2.05, 4.69) is 25.5 Å². The molecule has 10 heteroatoms. The lowest BCUT2D eigenvalue weighted by molar-refractivity contribution is 0.0359. The molecule has 1 aromatic carbocycles. The van der Waals surface area contributed by atoms with Crippen molar-refractivity contribution in [3.63, 3.8) is 0 Å². The number of morpholine rings is 1. The standard InChI is InChI=1S/C17H21N7O3/c1-22(11-13-2-3-14-15(10-13)20-27-19-14)17(25)16-12-24(21-18-16)5-4-23-6-8-26-9-7-23/h2-3,10,12H,4-9,11H2,1H3. The third-order valence-electron chi connectivity index (χ3n) is 4.59. The molecule has 1 saturated heterocycles. The predicted molar refractivity (Wildman–Crippen MR) is 94.9 cm³/mol. The Balaban J connectivity index is 1.34. The van der Waals surface area contributed by atoms with Crippen LogP contribution < -0.4 is 0 Å². The molecular formula is C17H21N7O3. The lowest BCUT2D eigenvalue weighted by atomic mass is 10.2. The zero-order valence-electron chi connectivity index (χ0n) is 15.1. The lowest BCUT2D eigenvalue weighted by Gasteiger charge is -2.26. The fraction of sp³-hybridized carbons (Fsp3) is 0.471. The van der Waals surface area contributed by atoms with Crippen molar-refractivity contribution in [1.82, 2.24) is 35.1 Å². The summed E-state index contributed by atoms with van der Waals surface area (Å²) in [7, 11) is 1.74. The van der Waals surface area contributed by atoms with E-state index in [0.29, 0.717) is 29.8 Å². The van der Waals surface area contributed by atoms with Crippen molar-refractivity contribution in [3.8, 4) is 0 Å². The molecule has 0 atom stereocenters. The molecule has 3 aromatic rings. The first-order chi connectivity index (χ1) is 13.2. The third-order valence-corrected chi connectivity index (χ3v) is 4.59. The van der Waals surface area contributed by atoms with Gasteiger partial charge in [0.1, 0.15) is 11.0 Å². The smallest absolute Gasteiger partial charge is 0.276 e. The summed E-state index contributed by atoms with van der Waals surface area (Å²) < 4.78 is 11.8. The number of hydrogen-bond acceptors (Lipinski definition) is 8. The Morgan fingerprint density at radius 3 is 2.85 bits per heavy atom. The van der Waals surface area contributed by atoms with Crippen molar-refractivity contribution in [2.75, 3.05) is 39.9 Å². The Morgan fingerprint density at radius 2 is 2.00 bits per heavy atom. The molecule has 0 radical (unpaired) electrons. The second-order valence-corrected chi connectivity index (χ2v) is 6.57. The van der Waals surface area contributed by atoms with E-state index >= 15 is 0 Å². The van der Waals surface area contributed by atoms with Crippen LogP contribution in [0.1, 0.15) is 16.1 Å². The van der Waals surface area contributed by atoms with Gasteiger partial charge in [-0.2, -0.15) is 0 Å². The average molecular weight is 371 g/mol. The first-order valence-electron chi connectivity index (χ1n) is 8.86. The largest absolute Gasteiger partial charge is 0.379 e. The van der Waals surface area contributed by atoms with Crippen molar-refractivity contribution >= 4 is 16.9 Å². The maximum Gasteiger partial charge on any atom is 0.276 e. The number of carbonyl (C=O) groups is 1. The van der Waals surface area contributed by atoms with E-state index in [4.69, 9.17) is 9.37 Å². The molecule has 1 aliphatic rings. The SMILES string of the molecule is CN(Cc1ccc2nonc2c1)C(=O)c1cn(CCN2CCOCC2)nn1. The minimum Gasteiger partial charge on any atom is -0.379 e. The molecule has 27 heavy (non-hydrogen) atoms. The normalized spacial score (nSPS) is 15.3. The summed E-state index contributed by atoms with van der Waals surface area (Å²) in [5.41, 5.74) is 2.63. The van der Waals surface area contributed by atoms with Gasteiger partial charge in [0.15, 0.2) is 5.69 Å². The summed E-state index contributed by atoms with van der Waals surface area (Å²) >= 11 is 0. The number of nitrogens with zero attached hydrogens (tertiary/aromatic N) is 7. The van der Waals surface area contributed by atoms with Crippen molar-refractivity contribution in [2.45, 2.75) is 13.1 Å². The number of aromatic nitrogens is 5. The summed E-state index contributed by atoms with van der Waals surface area (Å²) in [5.74, 6) is -0.175. The van der Waals surface area contributed by atoms with Crippen molar-refractivity contribution in [3.05, 3.63) is 35.7 Å². The van der Waals surface area contributed by atoms with Gasteiger partial charge < -0.3 is 9.64 Å². The van der Waals surface area contributed by atoms with E-state index in [1.807, 2.05) is 18.2 Å². The number of amides is 1. The zero-order valence-corrected chi connectivity index (χ0v) is 15.1. The highest BCUT2D eigenvalue weighted by atomic mass is 16.6. The van der Waals surface area contributed by atoms with Gasteiger partial charge in [-0.3, -0.25) is 14.4 Å². The summed E-state index contributed by atoms with van der Waals surface area (Å²) in [4.78, 5) is 16.5. The van der Waals surface area contributed by atoms with Crippen LogP contribution in [0.25, 0.3) is 11.0 Å². The van der Waals surface area contributed by atoms with Crippen molar-refractivity contribution in [1.29, 1.82) is 0 Å². The van der Waals surface area contributed by atoms with E-state index in [9.17, 15) is 4.79 Å². The van der Waals surface area contributed by atoms with Gasteiger partial charge in [0.25, 0.3) is 5.91 Å². The van der Waals surface area contributed by atoms with Crippen LogP contribution in [0.2, 0.25) is 0 Å². The Bertz CT molecular complexity index is 916. The molecule has 0 spiro atoms. The van der Waals surface area contributed by atoms with E-state index in [0.717, 1.165) is 38.4 Å². The maximum atomic E-state index is 12.6. The molecule has 0 aliphatic carbocycles. The van der Waals surface area contributed by atoms with Crippen LogP contribution in [0.3, 0.4) is 0 Å². The molecule has 10 nitrogen and oxygen atoms in total. The van der Waals surface area contributed by atoms with E-state index in [1.54, 1.807) is 22.8 Å². The predicted octanol–water partition coefficient (Wildman–Crippen LogP) is 0.419. The molecule has 2 aromatic heterocycles. The van der Waals surface area contributed by atoms with Gasteiger partial charge in [-0.05, 0) is 28.0 Å². The third kappa shape index (κ3) is 4.12. The molecule has 3 heterocycles. The van der Waals surface area contributed by atoms with Crippen LogP contribution >= 0.6 is 0 Å². The molecule has 1 amide bonds. The molecule has 4 rings (SSSR count). The van der Waals surface area contributed by atoms with Crippen LogP contribution in [0, 0.1) is 0 Å². The quantitative estimate of drug-likeness (QED) is 0.614. The van der Waals surface area contributed by atoms with Gasteiger partial charge >= 0.3 is 0 Å². The highest BCUT2D eigenvalue weighted by Crippen LogP contribution is 2.14. The van der Waals surface area contributed by atoms with Gasteiger partial charge in [-0.1, -0.05) is 11.3 Å². The summed E-state index contributed by atoms with van der Waals surface area (Å²) in [5, 5.41) is 15.7. The molecule has 0 N–H and O–H groups in total. The van der Waals surface area contributed by atoms with Crippen LogP contribution in [-0.2, 0) is 17.8 Å².